The Kier molecular flexibility index (Phi) is 4.05. The van der Waals surface area contributed by atoms with Gasteiger partial charge in [0.15, 0.2) is 0 Å². The number of sulfonamides is 1. The molecule has 0 saturated carbocycles. The number of piperidine rings is 1. The van der Waals surface area contributed by atoms with Crippen molar-refractivity contribution in [1.29, 1.82) is 0 Å². The lowest BCUT2D eigenvalue weighted by molar-refractivity contribution is 0.159. The Hall–Kier alpha value is -1.33. The maximum atomic E-state index is 13.0. The molecule has 0 spiro atoms. The lowest BCUT2D eigenvalue weighted by Crippen LogP contribution is -2.42. The second-order valence-electron chi connectivity index (χ2n) is 7.51. The molecule has 3 rings (SSSR count). The predicted molar refractivity (Wildman–Crippen MR) is 91.9 cm³/mol. The molecule has 1 aromatic rings. The van der Waals surface area contributed by atoms with Crippen LogP contribution in [0.2, 0.25) is 0 Å². The van der Waals surface area contributed by atoms with Crippen molar-refractivity contribution in [2.45, 2.75) is 44.6 Å². The summed E-state index contributed by atoms with van der Waals surface area (Å²) in [6, 6.07) is 5.15. The first-order valence-corrected chi connectivity index (χ1v) is 9.64. The first-order chi connectivity index (χ1) is 10.7. The molecular weight excluding hydrogens is 310 g/mol. The Morgan fingerprint density at radius 2 is 1.83 bits per heavy atom. The number of fused-ring (bicyclic) bond motifs is 1. The molecule has 23 heavy (non-hydrogen) atoms. The summed E-state index contributed by atoms with van der Waals surface area (Å²) in [4.78, 5) is 0.352. The van der Waals surface area contributed by atoms with Crippen molar-refractivity contribution in [3.05, 3.63) is 29.8 Å². The van der Waals surface area contributed by atoms with E-state index in [1.165, 1.54) is 0 Å². The molecule has 2 aliphatic heterocycles. The van der Waals surface area contributed by atoms with Crippen LogP contribution in [-0.2, 0) is 10.0 Å². The van der Waals surface area contributed by atoms with Crippen molar-refractivity contribution >= 4 is 16.1 Å². The van der Waals surface area contributed by atoms with E-state index in [0.29, 0.717) is 29.8 Å². The fourth-order valence-corrected chi connectivity index (χ4v) is 5.18. The van der Waals surface area contributed by atoms with E-state index in [1.807, 2.05) is 26.0 Å². The standard InChI is InChI=1S/C18H25NO3S/c1-13-9-14(2)12-19(11-13)23(20,21)16-5-6-17-15(10-16)7-8-18(3,4)22-17/h5-8,10,13-14H,9,11-12H2,1-4H3. The van der Waals surface area contributed by atoms with Crippen molar-refractivity contribution in [2.75, 3.05) is 13.1 Å². The van der Waals surface area contributed by atoms with Gasteiger partial charge in [-0.15, -0.1) is 0 Å². The first kappa shape index (κ1) is 16.5. The van der Waals surface area contributed by atoms with Gasteiger partial charge in [-0.25, -0.2) is 8.42 Å². The third kappa shape index (κ3) is 3.31. The molecular formula is C18H25NO3S. The first-order valence-electron chi connectivity index (χ1n) is 8.20. The molecule has 0 aliphatic carbocycles. The highest BCUT2D eigenvalue weighted by Gasteiger charge is 2.32. The molecule has 2 atom stereocenters. The van der Waals surface area contributed by atoms with Crippen molar-refractivity contribution in [3.63, 3.8) is 0 Å². The second kappa shape index (κ2) is 5.64. The van der Waals surface area contributed by atoms with E-state index in [0.717, 1.165) is 17.7 Å². The predicted octanol–water partition coefficient (Wildman–Crippen LogP) is 3.54. The zero-order chi connectivity index (χ0) is 16.8. The minimum absolute atomic E-state index is 0.352. The number of hydrogen-bond donors (Lipinski definition) is 0. The third-order valence-electron chi connectivity index (χ3n) is 4.49. The number of nitrogens with zero attached hydrogens (tertiary/aromatic N) is 1. The van der Waals surface area contributed by atoms with E-state index in [-0.39, 0.29) is 5.60 Å². The van der Waals surface area contributed by atoms with E-state index in [9.17, 15) is 8.42 Å². The average Bonchev–Trinajstić information content (AvgIpc) is 2.44. The highest BCUT2D eigenvalue weighted by Crippen LogP contribution is 2.34. The van der Waals surface area contributed by atoms with Gasteiger partial charge in [0.25, 0.3) is 0 Å². The van der Waals surface area contributed by atoms with Gasteiger partial charge >= 0.3 is 0 Å². The van der Waals surface area contributed by atoms with E-state index >= 15 is 0 Å². The quantitative estimate of drug-likeness (QED) is 0.830. The van der Waals surface area contributed by atoms with Crippen LogP contribution in [0.4, 0.5) is 0 Å². The number of hydrogen-bond acceptors (Lipinski definition) is 3. The molecule has 1 saturated heterocycles. The van der Waals surface area contributed by atoms with Crippen LogP contribution in [0.5, 0.6) is 5.75 Å². The largest absolute Gasteiger partial charge is 0.483 e. The van der Waals surface area contributed by atoms with Crippen molar-refractivity contribution in [1.82, 2.24) is 4.31 Å². The van der Waals surface area contributed by atoms with E-state index in [4.69, 9.17) is 4.74 Å². The maximum Gasteiger partial charge on any atom is 0.243 e. The van der Waals surface area contributed by atoms with Crippen LogP contribution in [-0.4, -0.2) is 31.4 Å². The second-order valence-corrected chi connectivity index (χ2v) is 9.44. The van der Waals surface area contributed by atoms with Gasteiger partial charge < -0.3 is 4.74 Å². The molecule has 1 aromatic carbocycles. The summed E-state index contributed by atoms with van der Waals surface area (Å²) < 4.78 is 33.4. The van der Waals surface area contributed by atoms with Crippen molar-refractivity contribution in [3.8, 4) is 5.75 Å². The fourth-order valence-electron chi connectivity index (χ4n) is 3.47. The van der Waals surface area contributed by atoms with Crippen LogP contribution in [0.1, 0.15) is 39.7 Å². The molecule has 4 nitrogen and oxygen atoms in total. The highest BCUT2D eigenvalue weighted by molar-refractivity contribution is 7.89. The van der Waals surface area contributed by atoms with E-state index in [1.54, 1.807) is 22.5 Å². The van der Waals surface area contributed by atoms with Crippen molar-refractivity contribution < 1.29 is 13.2 Å². The molecule has 0 amide bonds. The molecule has 2 aliphatic rings. The smallest absolute Gasteiger partial charge is 0.243 e. The molecule has 0 radical (unpaired) electrons. The summed E-state index contributed by atoms with van der Waals surface area (Å²) in [5.74, 6) is 1.53. The van der Waals surface area contributed by atoms with Gasteiger partial charge in [0.05, 0.1) is 4.90 Å². The van der Waals surface area contributed by atoms with Crippen LogP contribution in [0.15, 0.2) is 29.2 Å². The normalized spacial score (nSPS) is 27.3. The number of benzene rings is 1. The van der Waals surface area contributed by atoms with E-state index < -0.39 is 10.0 Å². The summed E-state index contributed by atoms with van der Waals surface area (Å²) in [7, 11) is -3.45. The Morgan fingerprint density at radius 1 is 1.17 bits per heavy atom. The fraction of sp³-hybridized carbons (Fsp3) is 0.556. The van der Waals surface area contributed by atoms with Crippen molar-refractivity contribution in [2.24, 2.45) is 11.8 Å². The van der Waals surface area contributed by atoms with Gasteiger partial charge in [-0.2, -0.15) is 4.31 Å². The molecule has 0 N–H and O–H groups in total. The SMILES string of the molecule is CC1CC(C)CN(S(=O)(=O)c2ccc3c(c2)C=CC(C)(C)O3)C1. The summed E-state index contributed by atoms with van der Waals surface area (Å²) in [6.07, 6.45) is 4.98. The van der Waals surface area contributed by atoms with E-state index in [2.05, 4.69) is 13.8 Å². The van der Waals surface area contributed by atoms with Crippen LogP contribution in [0, 0.1) is 11.8 Å². The minimum Gasteiger partial charge on any atom is -0.483 e. The summed E-state index contributed by atoms with van der Waals surface area (Å²) >= 11 is 0. The average molecular weight is 335 g/mol. The molecule has 2 heterocycles. The Labute approximate surface area is 139 Å². The summed E-state index contributed by atoms with van der Waals surface area (Å²) in [5.41, 5.74) is 0.467. The number of ether oxygens (including phenoxy) is 1. The van der Waals surface area contributed by atoms with Gasteiger partial charge in [0.2, 0.25) is 10.0 Å². The molecule has 2 unspecified atom stereocenters. The Balaban J connectivity index is 1.92. The number of rotatable bonds is 2. The summed E-state index contributed by atoms with van der Waals surface area (Å²) in [5, 5.41) is 0. The summed E-state index contributed by atoms with van der Waals surface area (Å²) in [6.45, 7) is 9.39. The molecule has 0 bridgehead atoms. The highest BCUT2D eigenvalue weighted by atomic mass is 32.2. The van der Waals surface area contributed by atoms with Gasteiger partial charge in [-0.1, -0.05) is 19.9 Å². The monoisotopic (exact) mass is 335 g/mol. The van der Waals surface area contributed by atoms with Gasteiger partial charge in [0.1, 0.15) is 11.4 Å². The lowest BCUT2D eigenvalue weighted by Gasteiger charge is -2.34. The molecule has 0 aromatic heterocycles. The van der Waals surface area contributed by atoms with Gasteiger partial charge in [-0.05, 0) is 56.4 Å². The molecule has 1 fully saturated rings. The van der Waals surface area contributed by atoms with Gasteiger partial charge in [0, 0.05) is 18.7 Å². The zero-order valence-corrected chi connectivity index (χ0v) is 15.1. The van der Waals surface area contributed by atoms with Crippen LogP contribution < -0.4 is 4.74 Å². The zero-order valence-electron chi connectivity index (χ0n) is 14.2. The molecule has 5 heteroatoms. The minimum atomic E-state index is -3.45. The molecule has 126 valence electrons. The Morgan fingerprint density at radius 3 is 2.48 bits per heavy atom. The van der Waals surface area contributed by atoms with Gasteiger partial charge in [-0.3, -0.25) is 0 Å². The maximum absolute atomic E-state index is 13.0. The van der Waals surface area contributed by atoms with Crippen LogP contribution >= 0.6 is 0 Å². The lowest BCUT2D eigenvalue weighted by atomic mass is 9.94. The van der Waals surface area contributed by atoms with Crippen LogP contribution in [0.25, 0.3) is 6.08 Å². The third-order valence-corrected chi connectivity index (χ3v) is 6.32. The van der Waals surface area contributed by atoms with Crippen LogP contribution in [0.3, 0.4) is 0 Å². The topological polar surface area (TPSA) is 46.6 Å². The Bertz CT molecular complexity index is 727.